The predicted octanol–water partition coefficient (Wildman–Crippen LogP) is 5.89. The molecule has 0 saturated heterocycles. The first-order valence-electron chi connectivity index (χ1n) is 8.87. The Bertz CT molecular complexity index is 786. The fraction of sp³-hybridized carbons (Fsp3) is 0.364. The minimum Gasteiger partial charge on any atom is -0.289 e. The van der Waals surface area contributed by atoms with Gasteiger partial charge in [-0.2, -0.15) is 0 Å². The molecule has 0 bridgehead atoms. The molecule has 0 spiro atoms. The second-order valence-electron chi connectivity index (χ2n) is 7.05. The van der Waals surface area contributed by atoms with Gasteiger partial charge in [0, 0.05) is 21.7 Å². The Morgan fingerprint density at radius 3 is 2.28 bits per heavy atom. The number of benzene rings is 1. The molecule has 1 aromatic rings. The highest BCUT2D eigenvalue weighted by Gasteiger charge is 2.32. The fourth-order valence-corrected chi connectivity index (χ4v) is 3.94. The molecule has 0 unspecified atom stereocenters. The van der Waals surface area contributed by atoms with Crippen molar-refractivity contribution in [2.24, 2.45) is 11.8 Å². The van der Waals surface area contributed by atoms with E-state index in [9.17, 15) is 9.59 Å². The molecule has 0 heterocycles. The Hall–Kier alpha value is -1.93. The minimum atomic E-state index is -0.0360. The molecule has 0 radical (unpaired) electrons. The van der Waals surface area contributed by atoms with Gasteiger partial charge in [0.1, 0.15) is 0 Å². The number of carbonyl (C=O) groups is 2. The average molecular weight is 355 g/mol. The maximum atomic E-state index is 12.8. The molecule has 1 fully saturated rings. The van der Waals surface area contributed by atoms with Crippen molar-refractivity contribution in [3.63, 3.8) is 0 Å². The molecular weight excluding hydrogens is 332 g/mol. The van der Waals surface area contributed by atoms with Crippen LogP contribution in [0.2, 0.25) is 0 Å². The van der Waals surface area contributed by atoms with Crippen molar-refractivity contribution >= 4 is 23.2 Å². The van der Waals surface area contributed by atoms with Crippen LogP contribution in [0.3, 0.4) is 0 Å². The second-order valence-corrected chi connectivity index (χ2v) is 7.65. The van der Waals surface area contributed by atoms with Crippen LogP contribution in [-0.2, 0) is 0 Å². The number of allylic oxidation sites excluding steroid dienone is 6. The van der Waals surface area contributed by atoms with Gasteiger partial charge in [0.15, 0.2) is 11.6 Å². The minimum absolute atomic E-state index is 0.0339. The number of fused-ring (bicyclic) bond motifs is 1. The molecule has 0 amide bonds. The van der Waals surface area contributed by atoms with Crippen molar-refractivity contribution in [2.75, 3.05) is 0 Å². The van der Waals surface area contributed by atoms with Crippen LogP contribution >= 0.6 is 11.6 Å². The molecule has 3 heteroatoms. The lowest BCUT2D eigenvalue weighted by molar-refractivity contribution is 0.0969. The van der Waals surface area contributed by atoms with Crippen LogP contribution in [0, 0.1) is 11.8 Å². The fourth-order valence-electron chi connectivity index (χ4n) is 3.88. The van der Waals surface area contributed by atoms with Gasteiger partial charge < -0.3 is 0 Å². The van der Waals surface area contributed by atoms with Crippen LogP contribution < -0.4 is 0 Å². The summed E-state index contributed by atoms with van der Waals surface area (Å²) in [6, 6.07) is 7.13. The van der Waals surface area contributed by atoms with Crippen molar-refractivity contribution in [2.45, 2.75) is 39.5 Å². The first-order chi connectivity index (χ1) is 12.0. The molecule has 3 rings (SSSR count). The smallest absolute Gasteiger partial charge is 0.190 e. The van der Waals surface area contributed by atoms with E-state index in [1.165, 1.54) is 5.57 Å². The molecule has 1 saturated carbocycles. The van der Waals surface area contributed by atoms with E-state index >= 15 is 0 Å². The molecule has 0 atom stereocenters. The summed E-state index contributed by atoms with van der Waals surface area (Å²) in [5.74, 6) is 0.725. The van der Waals surface area contributed by atoms with Crippen molar-refractivity contribution in [1.29, 1.82) is 0 Å². The van der Waals surface area contributed by atoms with Crippen LogP contribution in [0.4, 0.5) is 0 Å². The number of carbonyl (C=O) groups excluding carboxylic acids is 2. The van der Waals surface area contributed by atoms with Crippen molar-refractivity contribution in [3.8, 4) is 0 Å². The summed E-state index contributed by atoms with van der Waals surface area (Å²) < 4.78 is 0. The van der Waals surface area contributed by atoms with Gasteiger partial charge >= 0.3 is 0 Å². The van der Waals surface area contributed by atoms with Crippen LogP contribution in [0.5, 0.6) is 0 Å². The monoisotopic (exact) mass is 354 g/mol. The van der Waals surface area contributed by atoms with Crippen LogP contribution in [0.25, 0.3) is 0 Å². The van der Waals surface area contributed by atoms with Gasteiger partial charge in [-0.25, -0.2) is 0 Å². The Morgan fingerprint density at radius 2 is 1.64 bits per heavy atom. The zero-order valence-corrected chi connectivity index (χ0v) is 15.5. The van der Waals surface area contributed by atoms with Gasteiger partial charge in [0.2, 0.25) is 0 Å². The summed E-state index contributed by atoms with van der Waals surface area (Å²) in [4.78, 5) is 25.1. The van der Waals surface area contributed by atoms with Gasteiger partial charge in [-0.3, -0.25) is 9.59 Å². The van der Waals surface area contributed by atoms with E-state index in [-0.39, 0.29) is 17.5 Å². The quantitative estimate of drug-likeness (QED) is 0.634. The molecule has 0 aromatic heterocycles. The summed E-state index contributed by atoms with van der Waals surface area (Å²) in [7, 11) is 0. The lowest BCUT2D eigenvalue weighted by atomic mass is 9.72. The van der Waals surface area contributed by atoms with E-state index in [2.05, 4.69) is 13.0 Å². The molecule has 25 heavy (non-hydrogen) atoms. The normalized spacial score (nSPS) is 24.8. The number of halogens is 1. The molecule has 1 aromatic carbocycles. The standard InChI is InChI=1S/C22H23ClO2/c1-14(7-8-15(2)23)16-9-11-17(12-10-16)20-13-21(24)18-5-3-4-6-19(18)22(20)25/h3-8,13,16-17H,9-12H2,1-2H3. The Balaban J connectivity index is 1.72. The lowest BCUT2D eigenvalue weighted by Crippen LogP contribution is -2.25. The van der Waals surface area contributed by atoms with Crippen LogP contribution in [0.15, 0.2) is 58.7 Å². The summed E-state index contributed by atoms with van der Waals surface area (Å²) in [5, 5.41) is 0.781. The second kappa shape index (κ2) is 7.53. The van der Waals surface area contributed by atoms with E-state index in [4.69, 9.17) is 11.6 Å². The van der Waals surface area contributed by atoms with Gasteiger partial charge in [0.25, 0.3) is 0 Å². The van der Waals surface area contributed by atoms with Crippen molar-refractivity contribution in [3.05, 3.63) is 69.8 Å². The van der Waals surface area contributed by atoms with Crippen molar-refractivity contribution in [1.82, 2.24) is 0 Å². The Labute approximate surface area is 154 Å². The number of ketones is 2. The number of Topliss-reactive ketones (excluding diaryl/α,β-unsaturated/α-hetero) is 1. The molecule has 2 aliphatic carbocycles. The number of hydrogen-bond donors (Lipinski definition) is 0. The number of hydrogen-bond acceptors (Lipinski definition) is 2. The van der Waals surface area contributed by atoms with Crippen LogP contribution in [0.1, 0.15) is 60.2 Å². The molecule has 130 valence electrons. The summed E-state index contributed by atoms with van der Waals surface area (Å²) in [6.07, 6.45) is 9.60. The van der Waals surface area contributed by atoms with E-state index < -0.39 is 0 Å². The SMILES string of the molecule is CC(Cl)=CC=C(C)C1CCC(C2=CC(=O)c3ccccc3C2=O)CC1. The Kier molecular flexibility index (Phi) is 5.39. The average Bonchev–Trinajstić information content (AvgIpc) is 2.63. The zero-order valence-electron chi connectivity index (χ0n) is 14.7. The van der Waals surface area contributed by atoms with Crippen LogP contribution in [-0.4, -0.2) is 11.6 Å². The third kappa shape index (κ3) is 3.85. The highest BCUT2D eigenvalue weighted by atomic mass is 35.5. The first kappa shape index (κ1) is 17.9. The molecule has 2 nitrogen and oxygen atoms in total. The summed E-state index contributed by atoms with van der Waals surface area (Å²) in [5.41, 5.74) is 3.14. The third-order valence-corrected chi connectivity index (χ3v) is 5.50. The molecule has 0 N–H and O–H groups in total. The molecule has 2 aliphatic rings. The first-order valence-corrected chi connectivity index (χ1v) is 9.25. The maximum Gasteiger partial charge on any atom is 0.190 e. The zero-order chi connectivity index (χ0) is 18.0. The number of rotatable bonds is 3. The maximum absolute atomic E-state index is 12.8. The summed E-state index contributed by atoms with van der Waals surface area (Å²) in [6.45, 7) is 4.02. The van der Waals surface area contributed by atoms with E-state index in [0.29, 0.717) is 22.6 Å². The van der Waals surface area contributed by atoms with Gasteiger partial charge in [-0.05, 0) is 63.5 Å². The van der Waals surface area contributed by atoms with E-state index in [1.54, 1.807) is 24.3 Å². The van der Waals surface area contributed by atoms with Gasteiger partial charge in [-0.15, -0.1) is 0 Å². The highest BCUT2D eigenvalue weighted by molar-refractivity contribution is 6.29. The third-order valence-electron chi connectivity index (χ3n) is 5.37. The summed E-state index contributed by atoms with van der Waals surface area (Å²) >= 11 is 5.90. The predicted molar refractivity (Wildman–Crippen MR) is 102 cm³/mol. The molecular formula is C22H23ClO2. The van der Waals surface area contributed by atoms with E-state index in [0.717, 1.165) is 30.7 Å². The van der Waals surface area contributed by atoms with Crippen molar-refractivity contribution < 1.29 is 9.59 Å². The molecule has 0 aliphatic heterocycles. The van der Waals surface area contributed by atoms with E-state index in [1.807, 2.05) is 19.1 Å². The topological polar surface area (TPSA) is 34.1 Å². The largest absolute Gasteiger partial charge is 0.289 e. The Morgan fingerprint density at radius 1 is 1.00 bits per heavy atom. The van der Waals surface area contributed by atoms with Gasteiger partial charge in [-0.1, -0.05) is 47.5 Å². The van der Waals surface area contributed by atoms with Gasteiger partial charge in [0.05, 0.1) is 0 Å². The highest BCUT2D eigenvalue weighted by Crippen LogP contribution is 2.39. The lowest BCUT2D eigenvalue weighted by Gasteiger charge is -2.31.